The number of ether oxygens (including phenoxy) is 1. The van der Waals surface area contributed by atoms with Crippen molar-refractivity contribution in [3.63, 3.8) is 0 Å². The molecule has 0 atom stereocenters. The summed E-state index contributed by atoms with van der Waals surface area (Å²) in [5, 5.41) is 0. The molecule has 1 aliphatic rings. The molecule has 0 spiro atoms. The van der Waals surface area contributed by atoms with Crippen molar-refractivity contribution >= 4 is 27.9 Å². The van der Waals surface area contributed by atoms with E-state index in [0.717, 1.165) is 5.56 Å². The Hall–Kier alpha value is -1.16. The highest BCUT2D eigenvalue weighted by Gasteiger charge is 2.26. The van der Waals surface area contributed by atoms with E-state index in [9.17, 15) is 9.59 Å². The Morgan fingerprint density at radius 3 is 2.85 bits per heavy atom. The lowest BCUT2D eigenvalue weighted by molar-refractivity contribution is -0.137. The predicted octanol–water partition coefficient (Wildman–Crippen LogP) is 1.69. The van der Waals surface area contributed by atoms with Crippen LogP contribution in [-0.4, -0.2) is 11.9 Å². The van der Waals surface area contributed by atoms with Gasteiger partial charge in [0.25, 0.3) is 0 Å². The lowest BCUT2D eigenvalue weighted by Crippen LogP contribution is -2.23. The van der Waals surface area contributed by atoms with Crippen molar-refractivity contribution in [2.45, 2.75) is 6.42 Å². The maximum Gasteiger partial charge on any atom is 0.347 e. The topological polar surface area (TPSA) is 43.4 Å². The maximum absolute atomic E-state index is 11.2. The lowest BCUT2D eigenvalue weighted by Gasteiger charge is -2.14. The zero-order valence-electron chi connectivity index (χ0n) is 6.54. The van der Waals surface area contributed by atoms with E-state index < -0.39 is 11.9 Å². The summed E-state index contributed by atoms with van der Waals surface area (Å²) < 4.78 is 5.15. The molecule has 0 radical (unpaired) electrons. The summed E-state index contributed by atoms with van der Waals surface area (Å²) >= 11 is 3.23. The molecule has 2 rings (SSSR count). The number of cyclic esters (lactones) is 2. The molecule has 0 bridgehead atoms. The van der Waals surface area contributed by atoms with Gasteiger partial charge < -0.3 is 4.74 Å². The van der Waals surface area contributed by atoms with E-state index in [4.69, 9.17) is 0 Å². The predicted molar refractivity (Wildman–Crippen MR) is 48.3 cm³/mol. The molecule has 1 aromatic carbocycles. The van der Waals surface area contributed by atoms with E-state index in [-0.39, 0.29) is 6.42 Å². The zero-order valence-corrected chi connectivity index (χ0v) is 8.13. The van der Waals surface area contributed by atoms with Crippen molar-refractivity contribution in [1.29, 1.82) is 0 Å². The summed E-state index contributed by atoms with van der Waals surface area (Å²) in [5.74, 6) is -1.06. The maximum atomic E-state index is 11.2. The summed E-state index contributed by atoms with van der Waals surface area (Å²) in [6.07, 6.45) is 0.167. The average molecular weight is 241 g/mol. The van der Waals surface area contributed by atoms with Gasteiger partial charge in [0.15, 0.2) is 0 Å². The smallest absolute Gasteiger partial charge is 0.347 e. The van der Waals surface area contributed by atoms with Crippen molar-refractivity contribution in [3.8, 4) is 0 Å². The highest BCUT2D eigenvalue weighted by Crippen LogP contribution is 2.25. The van der Waals surface area contributed by atoms with Crippen LogP contribution in [0.1, 0.15) is 15.9 Å². The van der Waals surface area contributed by atoms with Gasteiger partial charge in [0.05, 0.1) is 12.0 Å². The van der Waals surface area contributed by atoms with E-state index in [1.54, 1.807) is 18.2 Å². The number of esters is 2. The number of rotatable bonds is 0. The van der Waals surface area contributed by atoms with E-state index >= 15 is 0 Å². The number of hydrogen-bond acceptors (Lipinski definition) is 3. The van der Waals surface area contributed by atoms with Crippen LogP contribution in [-0.2, 0) is 16.0 Å². The lowest BCUT2D eigenvalue weighted by atomic mass is 10.0. The number of carbonyl (C=O) groups excluding carboxylic acids is 2. The van der Waals surface area contributed by atoms with Crippen LogP contribution in [0, 0.1) is 0 Å². The second kappa shape index (κ2) is 2.96. The van der Waals surface area contributed by atoms with Crippen molar-refractivity contribution in [2.24, 2.45) is 0 Å². The van der Waals surface area contributed by atoms with Crippen molar-refractivity contribution in [1.82, 2.24) is 0 Å². The van der Waals surface area contributed by atoms with Crippen molar-refractivity contribution in [2.75, 3.05) is 0 Å². The molecule has 1 aliphatic heterocycles. The fourth-order valence-electron chi connectivity index (χ4n) is 1.29. The van der Waals surface area contributed by atoms with Gasteiger partial charge >= 0.3 is 11.9 Å². The standard InChI is InChI=1S/C9H5BrO3/c10-6-3-1-2-5-4-7(11)13-9(12)8(5)6/h1-3H,4H2. The SMILES string of the molecule is O=C1Cc2cccc(Br)c2C(=O)O1. The van der Waals surface area contributed by atoms with E-state index in [1.807, 2.05) is 0 Å². The molecule has 0 N–H and O–H groups in total. The molecule has 0 unspecified atom stereocenters. The molecule has 0 saturated carbocycles. The highest BCUT2D eigenvalue weighted by atomic mass is 79.9. The van der Waals surface area contributed by atoms with Crippen LogP contribution >= 0.6 is 15.9 Å². The van der Waals surface area contributed by atoms with Gasteiger partial charge in [0, 0.05) is 4.47 Å². The zero-order chi connectivity index (χ0) is 9.42. The summed E-state index contributed by atoms with van der Waals surface area (Å²) in [6.45, 7) is 0. The van der Waals surface area contributed by atoms with Gasteiger partial charge in [-0.15, -0.1) is 0 Å². The second-order valence-electron chi connectivity index (χ2n) is 2.71. The Bertz CT molecular complexity index is 398. The largest absolute Gasteiger partial charge is 0.389 e. The molecule has 1 heterocycles. The Morgan fingerprint density at radius 1 is 1.31 bits per heavy atom. The normalized spacial score (nSPS) is 15.2. The molecule has 0 saturated heterocycles. The van der Waals surface area contributed by atoms with Gasteiger partial charge in [-0.1, -0.05) is 12.1 Å². The van der Waals surface area contributed by atoms with Crippen LogP contribution in [0.4, 0.5) is 0 Å². The van der Waals surface area contributed by atoms with Crippen LogP contribution in [0.15, 0.2) is 22.7 Å². The Kier molecular flexibility index (Phi) is 1.92. The monoisotopic (exact) mass is 240 g/mol. The van der Waals surface area contributed by atoms with E-state index in [2.05, 4.69) is 20.7 Å². The summed E-state index contributed by atoms with van der Waals surface area (Å²) in [5.41, 5.74) is 1.18. The Balaban J connectivity index is 2.61. The molecular formula is C9H5BrO3. The van der Waals surface area contributed by atoms with E-state index in [1.165, 1.54) is 0 Å². The minimum atomic E-state index is -0.571. The molecule has 4 heteroatoms. The molecular weight excluding hydrogens is 236 g/mol. The Labute approximate surface area is 82.8 Å². The molecule has 1 aromatic rings. The van der Waals surface area contributed by atoms with Gasteiger partial charge in [-0.3, -0.25) is 4.79 Å². The van der Waals surface area contributed by atoms with Crippen LogP contribution in [0.2, 0.25) is 0 Å². The summed E-state index contributed by atoms with van der Waals surface area (Å²) in [7, 11) is 0. The number of halogens is 1. The van der Waals surface area contributed by atoms with Gasteiger partial charge in [0.1, 0.15) is 0 Å². The third-order valence-electron chi connectivity index (χ3n) is 1.85. The van der Waals surface area contributed by atoms with Crippen LogP contribution < -0.4 is 0 Å². The quantitative estimate of drug-likeness (QED) is 0.512. The van der Waals surface area contributed by atoms with Crippen LogP contribution in [0.3, 0.4) is 0 Å². The highest BCUT2D eigenvalue weighted by molar-refractivity contribution is 9.10. The first-order chi connectivity index (χ1) is 6.18. The number of benzene rings is 1. The third kappa shape index (κ3) is 1.37. The molecule has 0 fully saturated rings. The van der Waals surface area contributed by atoms with Crippen molar-refractivity contribution < 1.29 is 14.3 Å². The average Bonchev–Trinajstić information content (AvgIpc) is 2.02. The Morgan fingerprint density at radius 2 is 2.08 bits per heavy atom. The van der Waals surface area contributed by atoms with Crippen molar-refractivity contribution in [3.05, 3.63) is 33.8 Å². The number of fused-ring (bicyclic) bond motifs is 1. The molecule has 66 valence electrons. The first kappa shape index (κ1) is 8.44. The second-order valence-corrected chi connectivity index (χ2v) is 3.57. The fraction of sp³-hybridized carbons (Fsp3) is 0.111. The molecule has 0 aromatic heterocycles. The van der Waals surface area contributed by atoms with Gasteiger partial charge in [0.2, 0.25) is 0 Å². The molecule has 3 nitrogen and oxygen atoms in total. The first-order valence-corrected chi connectivity index (χ1v) is 4.50. The summed E-state index contributed by atoms with van der Waals surface area (Å²) in [4.78, 5) is 22.1. The minimum absolute atomic E-state index is 0.167. The van der Waals surface area contributed by atoms with Gasteiger partial charge in [-0.25, -0.2) is 4.79 Å². The number of carbonyl (C=O) groups is 2. The fourth-order valence-corrected chi connectivity index (χ4v) is 1.86. The van der Waals surface area contributed by atoms with Crippen LogP contribution in [0.5, 0.6) is 0 Å². The third-order valence-corrected chi connectivity index (χ3v) is 2.51. The molecule has 13 heavy (non-hydrogen) atoms. The molecule has 0 amide bonds. The van der Waals surface area contributed by atoms with Gasteiger partial charge in [-0.2, -0.15) is 0 Å². The van der Waals surface area contributed by atoms with Crippen LogP contribution in [0.25, 0.3) is 0 Å². The molecule has 0 aliphatic carbocycles. The van der Waals surface area contributed by atoms with E-state index in [0.29, 0.717) is 10.0 Å². The number of hydrogen-bond donors (Lipinski definition) is 0. The first-order valence-electron chi connectivity index (χ1n) is 3.71. The minimum Gasteiger partial charge on any atom is -0.389 e. The van der Waals surface area contributed by atoms with Gasteiger partial charge in [-0.05, 0) is 27.6 Å². The summed E-state index contributed by atoms with van der Waals surface area (Å²) in [6, 6.07) is 5.28.